The lowest BCUT2D eigenvalue weighted by molar-refractivity contribution is -0.138. The zero-order chi connectivity index (χ0) is 11.3. The van der Waals surface area contributed by atoms with Crippen LogP contribution in [0.1, 0.15) is 10.7 Å². The van der Waals surface area contributed by atoms with E-state index in [1.165, 1.54) is 11.3 Å². The summed E-state index contributed by atoms with van der Waals surface area (Å²) in [7, 11) is 0. The smallest absolute Gasteiger partial charge is 0.320 e. The first-order valence-electron chi connectivity index (χ1n) is 4.06. The molecule has 0 aromatic carbocycles. The van der Waals surface area contributed by atoms with Crippen LogP contribution >= 0.6 is 11.3 Å². The highest BCUT2D eigenvalue weighted by atomic mass is 32.1. The molecule has 1 heterocycles. The van der Waals surface area contributed by atoms with Crippen LogP contribution in [-0.2, 0) is 17.8 Å². The molecule has 8 heteroatoms. The van der Waals surface area contributed by atoms with Gasteiger partial charge in [-0.1, -0.05) is 5.11 Å². The molecule has 0 unspecified atom stereocenters. The van der Waals surface area contributed by atoms with Crippen molar-refractivity contribution in [3.63, 3.8) is 0 Å². The van der Waals surface area contributed by atoms with E-state index in [4.69, 9.17) is 16.4 Å². The topological polar surface area (TPSA) is 125 Å². The summed E-state index contributed by atoms with van der Waals surface area (Å²) < 4.78 is 0. The monoisotopic (exact) mass is 227 g/mol. The molecule has 0 aliphatic carbocycles. The molecular weight excluding hydrogens is 218 g/mol. The van der Waals surface area contributed by atoms with Gasteiger partial charge in [0, 0.05) is 16.7 Å². The maximum atomic E-state index is 10.5. The Bertz CT molecular complexity index is 398. The van der Waals surface area contributed by atoms with E-state index in [1.807, 2.05) is 0 Å². The van der Waals surface area contributed by atoms with E-state index in [0.717, 1.165) is 0 Å². The predicted octanol–water partition coefficient (Wildman–Crippen LogP) is 0.908. The SMILES string of the molecule is [N-]=[N+]=NCc1nc(C[C@H](N)C(=O)O)cs1. The van der Waals surface area contributed by atoms with Gasteiger partial charge in [-0.05, 0) is 5.53 Å². The molecular formula is C7H9N5O2S. The quantitative estimate of drug-likeness (QED) is 0.440. The van der Waals surface area contributed by atoms with Crippen molar-refractivity contribution < 1.29 is 9.90 Å². The number of hydrogen-bond acceptors (Lipinski definition) is 5. The number of azide groups is 1. The summed E-state index contributed by atoms with van der Waals surface area (Å²) in [5.74, 6) is -1.06. The Labute approximate surface area is 89.2 Å². The Balaban J connectivity index is 2.60. The minimum atomic E-state index is -1.06. The predicted molar refractivity (Wildman–Crippen MR) is 54.3 cm³/mol. The van der Waals surface area contributed by atoms with Gasteiger partial charge in [0.15, 0.2) is 0 Å². The van der Waals surface area contributed by atoms with Gasteiger partial charge in [-0.15, -0.1) is 11.3 Å². The number of thiazole rings is 1. The standard InChI is InChI=1S/C7H9N5O2S/c8-5(7(13)14)1-4-3-15-6(11-4)2-10-12-9/h3,5H,1-2,8H2,(H,13,14)/t5-/m0/s1. The molecule has 1 rings (SSSR count). The number of nitrogens with two attached hydrogens (primary N) is 1. The number of aromatic nitrogens is 1. The Morgan fingerprint density at radius 1 is 1.87 bits per heavy atom. The largest absolute Gasteiger partial charge is 0.480 e. The van der Waals surface area contributed by atoms with Crippen molar-refractivity contribution >= 4 is 17.3 Å². The van der Waals surface area contributed by atoms with Crippen LogP contribution in [0.5, 0.6) is 0 Å². The Morgan fingerprint density at radius 2 is 2.60 bits per heavy atom. The van der Waals surface area contributed by atoms with Gasteiger partial charge >= 0.3 is 5.97 Å². The summed E-state index contributed by atoms with van der Waals surface area (Å²) >= 11 is 1.32. The van der Waals surface area contributed by atoms with E-state index < -0.39 is 12.0 Å². The third kappa shape index (κ3) is 3.55. The van der Waals surface area contributed by atoms with Gasteiger partial charge in [0.1, 0.15) is 6.04 Å². The maximum absolute atomic E-state index is 10.5. The van der Waals surface area contributed by atoms with Gasteiger partial charge in [0.05, 0.1) is 17.2 Å². The van der Waals surface area contributed by atoms with E-state index in [0.29, 0.717) is 10.7 Å². The first-order valence-corrected chi connectivity index (χ1v) is 4.94. The van der Waals surface area contributed by atoms with Crippen molar-refractivity contribution in [3.05, 3.63) is 26.5 Å². The summed E-state index contributed by atoms with van der Waals surface area (Å²) in [6.07, 6.45) is 0.183. The molecule has 0 aliphatic rings. The van der Waals surface area contributed by atoms with Crippen molar-refractivity contribution in [1.82, 2.24) is 4.98 Å². The molecule has 7 nitrogen and oxygen atoms in total. The zero-order valence-electron chi connectivity index (χ0n) is 7.70. The van der Waals surface area contributed by atoms with Crippen LogP contribution in [0, 0.1) is 0 Å². The van der Waals surface area contributed by atoms with Crippen molar-refractivity contribution in [2.75, 3.05) is 0 Å². The molecule has 0 amide bonds. The van der Waals surface area contributed by atoms with Gasteiger partial charge in [-0.25, -0.2) is 4.98 Å². The van der Waals surface area contributed by atoms with E-state index in [-0.39, 0.29) is 13.0 Å². The van der Waals surface area contributed by atoms with Gasteiger partial charge in [-0.3, -0.25) is 4.79 Å². The number of carbonyl (C=O) groups is 1. The molecule has 1 aromatic rings. The third-order valence-corrected chi connectivity index (χ3v) is 2.50. The lowest BCUT2D eigenvalue weighted by Gasteiger charge is -2.01. The van der Waals surface area contributed by atoms with Crippen LogP contribution in [0.15, 0.2) is 10.5 Å². The molecule has 0 spiro atoms. The molecule has 0 saturated carbocycles. The van der Waals surface area contributed by atoms with Crippen LogP contribution in [0.3, 0.4) is 0 Å². The average molecular weight is 227 g/mol. The van der Waals surface area contributed by atoms with E-state index in [2.05, 4.69) is 15.0 Å². The van der Waals surface area contributed by atoms with Crippen LogP contribution < -0.4 is 5.73 Å². The molecule has 0 fully saturated rings. The molecule has 0 radical (unpaired) electrons. The van der Waals surface area contributed by atoms with Gasteiger partial charge in [-0.2, -0.15) is 0 Å². The molecule has 0 aliphatic heterocycles. The van der Waals surface area contributed by atoms with Crippen LogP contribution in [0.2, 0.25) is 0 Å². The maximum Gasteiger partial charge on any atom is 0.320 e. The summed E-state index contributed by atoms with van der Waals surface area (Å²) in [6.45, 7) is 0.184. The Kier molecular flexibility index (Phi) is 4.04. The Hall–Kier alpha value is -1.63. The number of aliphatic carboxylic acids is 1. The highest BCUT2D eigenvalue weighted by Crippen LogP contribution is 2.12. The fourth-order valence-corrected chi connectivity index (χ4v) is 1.64. The molecule has 80 valence electrons. The number of carboxylic acids is 1. The lowest BCUT2D eigenvalue weighted by atomic mass is 10.2. The fourth-order valence-electron chi connectivity index (χ4n) is 0.920. The minimum absolute atomic E-state index is 0.183. The van der Waals surface area contributed by atoms with E-state index in [1.54, 1.807) is 5.38 Å². The number of carboxylic acid groups (broad SMARTS) is 1. The fraction of sp³-hybridized carbons (Fsp3) is 0.429. The van der Waals surface area contributed by atoms with E-state index in [9.17, 15) is 4.79 Å². The summed E-state index contributed by atoms with van der Waals surface area (Å²) in [5.41, 5.74) is 14.0. The second-order valence-corrected chi connectivity index (χ2v) is 3.71. The van der Waals surface area contributed by atoms with Crippen LogP contribution in [0.25, 0.3) is 10.4 Å². The molecule has 1 atom stereocenters. The highest BCUT2D eigenvalue weighted by molar-refractivity contribution is 7.09. The number of hydrogen-bond donors (Lipinski definition) is 2. The van der Waals surface area contributed by atoms with Gasteiger partial charge in [0.2, 0.25) is 0 Å². The second-order valence-electron chi connectivity index (χ2n) is 2.77. The minimum Gasteiger partial charge on any atom is -0.480 e. The highest BCUT2D eigenvalue weighted by Gasteiger charge is 2.13. The van der Waals surface area contributed by atoms with E-state index >= 15 is 0 Å². The van der Waals surface area contributed by atoms with Gasteiger partial charge < -0.3 is 10.8 Å². The van der Waals surface area contributed by atoms with Crippen molar-refractivity contribution in [2.24, 2.45) is 10.8 Å². The first-order chi connectivity index (χ1) is 7.13. The van der Waals surface area contributed by atoms with Crippen LogP contribution in [-0.4, -0.2) is 22.1 Å². The molecule has 0 saturated heterocycles. The first kappa shape index (κ1) is 11.4. The summed E-state index contributed by atoms with van der Waals surface area (Å²) in [5, 5.41) is 14.3. The van der Waals surface area contributed by atoms with Crippen molar-refractivity contribution in [3.8, 4) is 0 Å². The summed E-state index contributed by atoms with van der Waals surface area (Å²) in [4.78, 5) is 17.1. The average Bonchev–Trinajstić information content (AvgIpc) is 2.62. The molecule has 15 heavy (non-hydrogen) atoms. The zero-order valence-corrected chi connectivity index (χ0v) is 8.52. The lowest BCUT2D eigenvalue weighted by Crippen LogP contribution is -2.32. The molecule has 1 aromatic heterocycles. The number of rotatable bonds is 5. The number of nitrogens with zero attached hydrogens (tertiary/aromatic N) is 4. The molecule has 3 N–H and O–H groups in total. The molecule has 0 bridgehead atoms. The van der Waals surface area contributed by atoms with Crippen LogP contribution in [0.4, 0.5) is 0 Å². The van der Waals surface area contributed by atoms with Gasteiger partial charge in [0.25, 0.3) is 0 Å². The van der Waals surface area contributed by atoms with Crippen molar-refractivity contribution in [1.29, 1.82) is 0 Å². The Morgan fingerprint density at radius 3 is 3.20 bits per heavy atom. The normalized spacial score (nSPS) is 11.8. The second kappa shape index (κ2) is 5.30. The summed E-state index contributed by atoms with van der Waals surface area (Å²) in [6, 6.07) is -0.945. The van der Waals surface area contributed by atoms with Crippen molar-refractivity contribution in [2.45, 2.75) is 19.0 Å². The third-order valence-electron chi connectivity index (χ3n) is 1.61.